The van der Waals surface area contributed by atoms with Gasteiger partial charge in [-0.15, -0.1) is 0 Å². The van der Waals surface area contributed by atoms with Crippen molar-refractivity contribution in [2.75, 3.05) is 26.0 Å². The normalized spacial score (nSPS) is 15.8. The van der Waals surface area contributed by atoms with Gasteiger partial charge in [0.15, 0.2) is 0 Å². The highest BCUT2D eigenvalue weighted by Gasteiger charge is 2.28. The first-order chi connectivity index (χ1) is 9.50. The first-order valence-electron chi connectivity index (χ1n) is 6.25. The summed E-state index contributed by atoms with van der Waals surface area (Å²) < 4.78 is 5.24. The molecule has 8 nitrogen and oxygen atoms in total. The lowest BCUT2D eigenvalue weighted by Crippen LogP contribution is -2.40. The number of carbonyl (C=O) groups is 1. The average Bonchev–Trinajstić information content (AvgIpc) is 2.46. The molecule has 0 atom stereocenters. The molecule has 0 bridgehead atoms. The van der Waals surface area contributed by atoms with Crippen molar-refractivity contribution in [3.05, 3.63) is 27.9 Å². The van der Waals surface area contributed by atoms with Gasteiger partial charge in [0, 0.05) is 26.3 Å². The number of carbonyl (C=O) groups excluding carboxylic acids is 1. The van der Waals surface area contributed by atoms with E-state index in [2.05, 4.69) is 4.98 Å². The highest BCUT2D eigenvalue weighted by Crippen LogP contribution is 2.23. The van der Waals surface area contributed by atoms with Gasteiger partial charge in [0.2, 0.25) is 0 Å². The van der Waals surface area contributed by atoms with Crippen LogP contribution < -0.4 is 5.73 Å². The quantitative estimate of drug-likeness (QED) is 0.648. The maximum absolute atomic E-state index is 12.4. The first kappa shape index (κ1) is 14.2. The monoisotopic (exact) mass is 280 g/mol. The number of hydrogen-bond acceptors (Lipinski definition) is 6. The van der Waals surface area contributed by atoms with Crippen LogP contribution in [0.5, 0.6) is 0 Å². The molecule has 0 saturated carbocycles. The Bertz CT molecular complexity index is 528. The molecular weight excluding hydrogens is 264 g/mol. The van der Waals surface area contributed by atoms with Crippen molar-refractivity contribution in [2.24, 2.45) is 0 Å². The summed E-state index contributed by atoms with van der Waals surface area (Å²) in [6.07, 6.45) is 2.45. The molecule has 1 aliphatic rings. The van der Waals surface area contributed by atoms with Crippen LogP contribution in [0.25, 0.3) is 0 Å². The molecule has 1 saturated heterocycles. The van der Waals surface area contributed by atoms with Crippen molar-refractivity contribution in [1.29, 1.82) is 0 Å². The molecule has 8 heteroatoms. The summed E-state index contributed by atoms with van der Waals surface area (Å²) in [5.74, 6) is -0.336. The van der Waals surface area contributed by atoms with Crippen LogP contribution >= 0.6 is 0 Å². The van der Waals surface area contributed by atoms with E-state index in [1.165, 1.54) is 11.0 Å². The fourth-order valence-electron chi connectivity index (χ4n) is 2.21. The number of amides is 1. The third-order valence-electron chi connectivity index (χ3n) is 3.39. The van der Waals surface area contributed by atoms with Crippen molar-refractivity contribution in [1.82, 2.24) is 9.88 Å². The predicted octanol–water partition coefficient (Wildman–Crippen LogP) is 0.823. The summed E-state index contributed by atoms with van der Waals surface area (Å²) in [6, 6.07) is 1.27. The maximum Gasteiger partial charge on any atom is 0.300 e. The van der Waals surface area contributed by atoms with Gasteiger partial charge in [0.25, 0.3) is 11.6 Å². The Kier molecular flexibility index (Phi) is 4.14. The minimum absolute atomic E-state index is 0.0187. The van der Waals surface area contributed by atoms with Gasteiger partial charge in [-0.3, -0.25) is 14.9 Å². The van der Waals surface area contributed by atoms with Crippen LogP contribution in [0.4, 0.5) is 11.5 Å². The van der Waals surface area contributed by atoms with E-state index in [1.54, 1.807) is 7.05 Å². The minimum Gasteiger partial charge on any atom is -0.384 e. The van der Waals surface area contributed by atoms with Gasteiger partial charge in [-0.25, -0.2) is 4.98 Å². The zero-order valence-electron chi connectivity index (χ0n) is 11.1. The van der Waals surface area contributed by atoms with Crippen molar-refractivity contribution in [2.45, 2.75) is 18.9 Å². The largest absolute Gasteiger partial charge is 0.384 e. The van der Waals surface area contributed by atoms with E-state index in [0.717, 1.165) is 19.0 Å². The average molecular weight is 280 g/mol. The third kappa shape index (κ3) is 2.85. The second-order valence-electron chi connectivity index (χ2n) is 4.64. The van der Waals surface area contributed by atoms with E-state index in [0.29, 0.717) is 13.2 Å². The Labute approximate surface area is 115 Å². The van der Waals surface area contributed by atoms with Gasteiger partial charge in [-0.1, -0.05) is 0 Å². The van der Waals surface area contributed by atoms with Crippen LogP contribution in [0.15, 0.2) is 12.3 Å². The van der Waals surface area contributed by atoms with Crippen molar-refractivity contribution in [3.8, 4) is 0 Å². The van der Waals surface area contributed by atoms with E-state index in [4.69, 9.17) is 10.5 Å². The van der Waals surface area contributed by atoms with E-state index in [9.17, 15) is 14.9 Å². The van der Waals surface area contributed by atoms with Gasteiger partial charge in [-0.2, -0.15) is 0 Å². The summed E-state index contributed by atoms with van der Waals surface area (Å²) >= 11 is 0. The Balaban J connectivity index is 2.27. The van der Waals surface area contributed by atoms with Crippen LogP contribution in [0.1, 0.15) is 23.2 Å². The summed E-state index contributed by atoms with van der Waals surface area (Å²) in [5, 5.41) is 11.0. The molecule has 0 radical (unpaired) electrons. The molecule has 1 amide bonds. The fourth-order valence-corrected chi connectivity index (χ4v) is 2.21. The lowest BCUT2D eigenvalue weighted by molar-refractivity contribution is -0.385. The molecule has 108 valence electrons. The molecule has 2 heterocycles. The van der Waals surface area contributed by atoms with E-state index in [1.807, 2.05) is 0 Å². The number of pyridine rings is 1. The number of nitrogens with two attached hydrogens (primary N) is 1. The standard InChI is InChI=1S/C12H16N4O4/c1-15(8-2-4-20-5-3-8)12(17)9-6-11(13)14-7-10(9)16(18)19/h6-8H,2-5H2,1H3,(H2,13,14). The zero-order valence-corrected chi connectivity index (χ0v) is 11.1. The number of nitrogens with zero attached hydrogens (tertiary/aromatic N) is 3. The van der Waals surface area contributed by atoms with E-state index < -0.39 is 10.8 Å². The number of anilines is 1. The fraction of sp³-hybridized carbons (Fsp3) is 0.500. The molecular formula is C12H16N4O4. The SMILES string of the molecule is CN(C(=O)c1cc(N)ncc1[N+](=O)[O-])C1CCOCC1. The summed E-state index contributed by atoms with van der Waals surface area (Å²) in [7, 11) is 1.64. The van der Waals surface area contributed by atoms with Crippen LogP contribution in [0, 0.1) is 10.1 Å². The van der Waals surface area contributed by atoms with Gasteiger partial charge in [0.1, 0.15) is 17.6 Å². The molecule has 0 aromatic carbocycles. The topological polar surface area (TPSA) is 112 Å². The smallest absolute Gasteiger partial charge is 0.300 e. The number of ether oxygens (including phenoxy) is 1. The Morgan fingerprint density at radius 3 is 2.80 bits per heavy atom. The second-order valence-corrected chi connectivity index (χ2v) is 4.64. The molecule has 0 aliphatic carbocycles. The van der Waals surface area contributed by atoms with Crippen molar-refractivity contribution in [3.63, 3.8) is 0 Å². The molecule has 0 spiro atoms. The van der Waals surface area contributed by atoms with Crippen molar-refractivity contribution < 1.29 is 14.5 Å². The van der Waals surface area contributed by atoms with Gasteiger partial charge >= 0.3 is 0 Å². The number of aromatic nitrogens is 1. The first-order valence-corrected chi connectivity index (χ1v) is 6.25. The van der Waals surface area contributed by atoms with E-state index >= 15 is 0 Å². The molecule has 2 N–H and O–H groups in total. The van der Waals surface area contributed by atoms with Crippen LogP contribution in [0.2, 0.25) is 0 Å². The van der Waals surface area contributed by atoms with Crippen LogP contribution in [-0.2, 0) is 4.74 Å². The number of nitrogen functional groups attached to an aromatic ring is 1. The highest BCUT2D eigenvalue weighted by atomic mass is 16.6. The summed E-state index contributed by atoms with van der Waals surface area (Å²) in [4.78, 5) is 27.9. The number of hydrogen-bond donors (Lipinski definition) is 1. The Morgan fingerprint density at radius 2 is 2.20 bits per heavy atom. The summed E-state index contributed by atoms with van der Waals surface area (Å²) in [5.41, 5.74) is 5.16. The molecule has 1 aliphatic heterocycles. The summed E-state index contributed by atoms with van der Waals surface area (Å²) in [6.45, 7) is 1.17. The molecule has 0 unspecified atom stereocenters. The molecule has 1 aromatic heterocycles. The third-order valence-corrected chi connectivity index (χ3v) is 3.39. The molecule has 20 heavy (non-hydrogen) atoms. The number of nitro groups is 1. The van der Waals surface area contributed by atoms with E-state index in [-0.39, 0.29) is 23.1 Å². The predicted molar refractivity (Wildman–Crippen MR) is 71.2 cm³/mol. The van der Waals surface area contributed by atoms with Gasteiger partial charge in [0.05, 0.1) is 4.92 Å². The van der Waals surface area contributed by atoms with Crippen molar-refractivity contribution >= 4 is 17.4 Å². The van der Waals surface area contributed by atoms with Gasteiger partial charge < -0.3 is 15.4 Å². The Morgan fingerprint density at radius 1 is 1.55 bits per heavy atom. The highest BCUT2D eigenvalue weighted by molar-refractivity contribution is 5.98. The zero-order chi connectivity index (χ0) is 14.7. The Hall–Kier alpha value is -2.22. The lowest BCUT2D eigenvalue weighted by atomic mass is 10.1. The van der Waals surface area contributed by atoms with Crippen LogP contribution in [0.3, 0.4) is 0 Å². The van der Waals surface area contributed by atoms with Crippen LogP contribution in [-0.4, -0.2) is 47.0 Å². The molecule has 2 rings (SSSR count). The molecule has 1 fully saturated rings. The maximum atomic E-state index is 12.4. The molecule has 1 aromatic rings. The second kappa shape index (κ2) is 5.83. The number of rotatable bonds is 3. The van der Waals surface area contributed by atoms with Gasteiger partial charge in [-0.05, 0) is 18.9 Å². The minimum atomic E-state index is -0.627. The lowest BCUT2D eigenvalue weighted by Gasteiger charge is -2.31.